The second kappa shape index (κ2) is 6.81. The summed E-state index contributed by atoms with van der Waals surface area (Å²) in [7, 11) is 1.63. The number of thiazole rings is 1. The highest BCUT2D eigenvalue weighted by Crippen LogP contribution is 2.25. The molecular weight excluding hydrogens is 280 g/mol. The van der Waals surface area contributed by atoms with E-state index in [0.717, 1.165) is 25.7 Å². The van der Waals surface area contributed by atoms with Crippen LogP contribution in [0.1, 0.15) is 43.1 Å². The van der Waals surface area contributed by atoms with Crippen molar-refractivity contribution in [3.05, 3.63) is 11.1 Å². The first-order valence-electron chi connectivity index (χ1n) is 6.57. The van der Waals surface area contributed by atoms with Crippen molar-refractivity contribution in [2.24, 2.45) is 0 Å². The highest BCUT2D eigenvalue weighted by molar-refractivity contribution is 7.14. The quantitative estimate of drug-likeness (QED) is 0.862. The lowest BCUT2D eigenvalue weighted by atomic mass is 9.94. The first-order chi connectivity index (χ1) is 9.60. The Hall–Kier alpha value is -1.47. The number of ether oxygens (including phenoxy) is 2. The molecule has 0 aliphatic heterocycles. The van der Waals surface area contributed by atoms with Crippen LogP contribution in [0.5, 0.6) is 0 Å². The normalized spacial score (nSPS) is 22.3. The number of aromatic nitrogens is 1. The van der Waals surface area contributed by atoms with Gasteiger partial charge in [-0.1, -0.05) is 6.42 Å². The van der Waals surface area contributed by atoms with Crippen molar-refractivity contribution in [3.63, 3.8) is 0 Å². The van der Waals surface area contributed by atoms with Crippen LogP contribution in [-0.4, -0.2) is 36.2 Å². The van der Waals surface area contributed by atoms with E-state index in [1.54, 1.807) is 12.5 Å². The summed E-state index contributed by atoms with van der Waals surface area (Å²) in [5.74, 6) is -0.683. The molecule has 1 N–H and O–H groups in total. The summed E-state index contributed by atoms with van der Waals surface area (Å²) in [6.45, 7) is 1.39. The molecule has 1 fully saturated rings. The van der Waals surface area contributed by atoms with Crippen molar-refractivity contribution < 1.29 is 19.1 Å². The summed E-state index contributed by atoms with van der Waals surface area (Å²) < 4.78 is 10.8. The molecule has 2 rings (SSSR count). The Morgan fingerprint density at radius 2 is 2.05 bits per heavy atom. The molecule has 2 atom stereocenters. The Balaban J connectivity index is 1.96. The van der Waals surface area contributed by atoms with Gasteiger partial charge in [0.1, 0.15) is 6.10 Å². The molecule has 0 radical (unpaired) electrons. The first-order valence-corrected chi connectivity index (χ1v) is 7.45. The fourth-order valence-corrected chi connectivity index (χ4v) is 2.97. The maximum atomic E-state index is 12.0. The van der Waals surface area contributed by atoms with E-state index in [-0.39, 0.29) is 23.8 Å². The van der Waals surface area contributed by atoms with E-state index in [2.05, 4.69) is 10.3 Å². The van der Waals surface area contributed by atoms with Crippen LogP contribution in [0.25, 0.3) is 0 Å². The van der Waals surface area contributed by atoms with Crippen LogP contribution < -0.4 is 5.32 Å². The van der Waals surface area contributed by atoms with Gasteiger partial charge in [0.15, 0.2) is 10.8 Å². The summed E-state index contributed by atoms with van der Waals surface area (Å²) in [5.41, 5.74) is 0.221. The number of rotatable bonds is 4. The molecule has 0 bridgehead atoms. The van der Waals surface area contributed by atoms with Crippen molar-refractivity contribution in [3.8, 4) is 0 Å². The van der Waals surface area contributed by atoms with Gasteiger partial charge in [0, 0.05) is 19.4 Å². The molecule has 1 aromatic rings. The second-order valence-electron chi connectivity index (χ2n) is 4.72. The molecule has 1 saturated carbocycles. The predicted molar refractivity (Wildman–Crippen MR) is 74.9 cm³/mol. The third-order valence-electron chi connectivity index (χ3n) is 3.20. The number of nitrogens with zero attached hydrogens (tertiary/aromatic N) is 1. The van der Waals surface area contributed by atoms with Crippen LogP contribution in [0.2, 0.25) is 0 Å². The number of carbonyl (C=O) groups is 2. The van der Waals surface area contributed by atoms with E-state index in [1.165, 1.54) is 18.3 Å². The van der Waals surface area contributed by atoms with Gasteiger partial charge in [0.25, 0.3) is 0 Å². The minimum absolute atomic E-state index is 0.0406. The standard InChI is InChI=1S/C13H18N2O4S/c1-8(16)14-13-15-9(7-20-13)12(17)19-11-6-4-3-5-10(11)18-2/h7,10-11H,3-6H2,1-2H3,(H,14,15,16). The Kier molecular flexibility index (Phi) is 5.08. The third kappa shape index (κ3) is 3.77. The maximum Gasteiger partial charge on any atom is 0.358 e. The summed E-state index contributed by atoms with van der Waals surface area (Å²) in [5, 5.41) is 4.52. The summed E-state index contributed by atoms with van der Waals surface area (Å²) in [6, 6.07) is 0. The predicted octanol–water partition coefficient (Wildman–Crippen LogP) is 2.22. The van der Waals surface area contributed by atoms with Crippen molar-refractivity contribution in [2.75, 3.05) is 12.4 Å². The van der Waals surface area contributed by atoms with E-state index in [0.29, 0.717) is 5.13 Å². The van der Waals surface area contributed by atoms with Gasteiger partial charge in [0.2, 0.25) is 5.91 Å². The zero-order chi connectivity index (χ0) is 14.5. The lowest BCUT2D eigenvalue weighted by Gasteiger charge is -2.29. The number of carbonyl (C=O) groups excluding carboxylic acids is 2. The van der Waals surface area contributed by atoms with Crippen molar-refractivity contribution in [2.45, 2.75) is 44.8 Å². The van der Waals surface area contributed by atoms with E-state index < -0.39 is 5.97 Å². The van der Waals surface area contributed by atoms with Gasteiger partial charge < -0.3 is 14.8 Å². The van der Waals surface area contributed by atoms with Gasteiger partial charge in [-0.3, -0.25) is 4.79 Å². The number of hydrogen-bond donors (Lipinski definition) is 1. The van der Waals surface area contributed by atoms with E-state index >= 15 is 0 Å². The molecule has 2 unspecified atom stereocenters. The maximum absolute atomic E-state index is 12.0. The molecule has 1 aliphatic rings. The molecule has 1 heterocycles. The first kappa shape index (κ1) is 14.9. The van der Waals surface area contributed by atoms with Crippen LogP contribution in [0.3, 0.4) is 0 Å². The molecule has 1 amide bonds. The van der Waals surface area contributed by atoms with Crippen LogP contribution in [0, 0.1) is 0 Å². The lowest BCUT2D eigenvalue weighted by Crippen LogP contribution is -2.35. The average Bonchev–Trinajstić information content (AvgIpc) is 2.87. The minimum atomic E-state index is -0.466. The van der Waals surface area contributed by atoms with Gasteiger partial charge >= 0.3 is 5.97 Å². The fourth-order valence-electron chi connectivity index (χ4n) is 2.24. The summed E-state index contributed by atoms with van der Waals surface area (Å²) >= 11 is 1.20. The van der Waals surface area contributed by atoms with Gasteiger partial charge in [-0.15, -0.1) is 11.3 Å². The molecule has 0 saturated heterocycles. The number of amides is 1. The number of methoxy groups -OCH3 is 1. The van der Waals surface area contributed by atoms with Gasteiger partial charge in [-0.2, -0.15) is 0 Å². The monoisotopic (exact) mass is 298 g/mol. The van der Waals surface area contributed by atoms with E-state index in [1.807, 2.05) is 0 Å². The van der Waals surface area contributed by atoms with Gasteiger partial charge in [-0.05, 0) is 19.3 Å². The van der Waals surface area contributed by atoms with Crippen LogP contribution in [-0.2, 0) is 14.3 Å². The molecule has 7 heteroatoms. The van der Waals surface area contributed by atoms with Crippen LogP contribution in [0.4, 0.5) is 5.13 Å². The Bertz CT molecular complexity index is 488. The Morgan fingerprint density at radius 3 is 2.70 bits per heavy atom. The summed E-state index contributed by atoms with van der Waals surface area (Å²) in [6.07, 6.45) is 3.59. The minimum Gasteiger partial charge on any atom is -0.455 e. The number of hydrogen-bond acceptors (Lipinski definition) is 6. The topological polar surface area (TPSA) is 77.5 Å². The van der Waals surface area contributed by atoms with Crippen LogP contribution >= 0.6 is 11.3 Å². The number of esters is 1. The Labute approximate surface area is 121 Å². The SMILES string of the molecule is COC1CCCCC1OC(=O)c1csc(NC(C)=O)n1. The summed E-state index contributed by atoms with van der Waals surface area (Å²) in [4.78, 5) is 27.0. The zero-order valence-corrected chi connectivity index (χ0v) is 12.4. The highest BCUT2D eigenvalue weighted by atomic mass is 32.1. The third-order valence-corrected chi connectivity index (χ3v) is 3.96. The van der Waals surface area contributed by atoms with Crippen molar-refractivity contribution >= 4 is 28.3 Å². The highest BCUT2D eigenvalue weighted by Gasteiger charge is 2.29. The van der Waals surface area contributed by atoms with Crippen molar-refractivity contribution in [1.82, 2.24) is 4.98 Å². The van der Waals surface area contributed by atoms with Crippen molar-refractivity contribution in [1.29, 1.82) is 0 Å². The Morgan fingerprint density at radius 1 is 1.35 bits per heavy atom. The van der Waals surface area contributed by atoms with Crippen LogP contribution in [0.15, 0.2) is 5.38 Å². The van der Waals surface area contributed by atoms with Gasteiger partial charge in [0.05, 0.1) is 6.10 Å². The molecule has 110 valence electrons. The molecule has 20 heavy (non-hydrogen) atoms. The number of anilines is 1. The number of nitrogens with one attached hydrogen (secondary N) is 1. The molecular formula is C13H18N2O4S. The lowest BCUT2D eigenvalue weighted by molar-refractivity contribution is -0.114. The largest absolute Gasteiger partial charge is 0.455 e. The zero-order valence-electron chi connectivity index (χ0n) is 11.5. The average molecular weight is 298 g/mol. The molecule has 0 aromatic carbocycles. The van der Waals surface area contributed by atoms with Gasteiger partial charge in [-0.25, -0.2) is 9.78 Å². The fraction of sp³-hybridized carbons (Fsp3) is 0.615. The van der Waals surface area contributed by atoms with E-state index in [4.69, 9.17) is 9.47 Å². The molecule has 6 nitrogen and oxygen atoms in total. The molecule has 1 aliphatic carbocycles. The molecule has 0 spiro atoms. The smallest absolute Gasteiger partial charge is 0.358 e. The molecule has 1 aromatic heterocycles. The van der Waals surface area contributed by atoms with E-state index in [9.17, 15) is 9.59 Å². The second-order valence-corrected chi connectivity index (χ2v) is 5.58.